The van der Waals surface area contributed by atoms with E-state index in [2.05, 4.69) is 5.32 Å². The number of amides is 1. The summed E-state index contributed by atoms with van der Waals surface area (Å²) < 4.78 is 5.61. The van der Waals surface area contributed by atoms with Gasteiger partial charge in [0.2, 0.25) is 0 Å². The fourth-order valence-electron chi connectivity index (χ4n) is 3.72. The zero-order valence-corrected chi connectivity index (χ0v) is 17.1. The number of hydrogen-bond donors (Lipinski definition) is 1. The minimum absolute atomic E-state index is 0.122. The monoisotopic (exact) mass is 403 g/mol. The van der Waals surface area contributed by atoms with E-state index in [-0.39, 0.29) is 11.9 Å². The minimum atomic E-state index is -0.350. The number of thiophene rings is 1. The summed E-state index contributed by atoms with van der Waals surface area (Å²) in [6, 6.07) is 13.2. The van der Waals surface area contributed by atoms with Crippen LogP contribution in [0.2, 0.25) is 0 Å². The topological polar surface area (TPSA) is 68.0 Å². The molecular weight excluding hydrogens is 382 g/mol. The molecule has 0 bridgehead atoms. The predicted octanol–water partition coefficient (Wildman–Crippen LogP) is 5.30. The average Bonchev–Trinajstić information content (AvgIpc) is 3.33. The third-order valence-corrected chi connectivity index (χ3v) is 6.56. The van der Waals surface area contributed by atoms with Crippen LogP contribution in [0.4, 0.5) is 0 Å². The van der Waals surface area contributed by atoms with E-state index in [0.717, 1.165) is 45.7 Å². The molecule has 5 rings (SSSR count). The molecule has 1 saturated carbocycles. The van der Waals surface area contributed by atoms with E-state index in [9.17, 15) is 4.79 Å². The smallest absolute Gasteiger partial charge is 0.262 e. The van der Waals surface area contributed by atoms with Gasteiger partial charge in [0.05, 0.1) is 16.8 Å². The Bertz CT molecular complexity index is 1180. The molecule has 5 nitrogen and oxygen atoms in total. The summed E-state index contributed by atoms with van der Waals surface area (Å²) in [4.78, 5) is 24.3. The summed E-state index contributed by atoms with van der Waals surface area (Å²) in [7, 11) is 0. The molecule has 1 aliphatic carbocycles. The highest BCUT2D eigenvalue weighted by Gasteiger charge is 2.29. The molecule has 1 N–H and O–H groups in total. The number of fused-ring (bicyclic) bond motifs is 1. The normalized spacial score (nSPS) is 14.8. The van der Waals surface area contributed by atoms with Crippen LogP contribution in [0.5, 0.6) is 0 Å². The number of hydrogen-bond acceptors (Lipinski definition) is 5. The molecule has 1 aliphatic rings. The van der Waals surface area contributed by atoms with Crippen LogP contribution < -0.4 is 5.32 Å². The number of furan rings is 1. The van der Waals surface area contributed by atoms with E-state index in [1.54, 1.807) is 6.26 Å². The van der Waals surface area contributed by atoms with Crippen LogP contribution in [0, 0.1) is 13.8 Å². The van der Waals surface area contributed by atoms with E-state index >= 15 is 0 Å². The third-order valence-electron chi connectivity index (χ3n) is 5.37. The van der Waals surface area contributed by atoms with Gasteiger partial charge in [-0.3, -0.25) is 4.79 Å². The highest BCUT2D eigenvalue weighted by molar-refractivity contribution is 7.20. The van der Waals surface area contributed by atoms with Gasteiger partial charge in [0.15, 0.2) is 0 Å². The second kappa shape index (κ2) is 7.12. The van der Waals surface area contributed by atoms with Crippen molar-refractivity contribution in [3.8, 4) is 0 Å². The second-order valence-corrected chi connectivity index (χ2v) is 8.51. The Morgan fingerprint density at radius 1 is 1.14 bits per heavy atom. The molecule has 1 amide bonds. The van der Waals surface area contributed by atoms with Crippen molar-refractivity contribution in [2.24, 2.45) is 0 Å². The van der Waals surface area contributed by atoms with Gasteiger partial charge in [-0.25, -0.2) is 9.97 Å². The van der Waals surface area contributed by atoms with Gasteiger partial charge in [-0.1, -0.05) is 30.3 Å². The molecule has 0 aliphatic heterocycles. The second-order valence-electron chi connectivity index (χ2n) is 7.51. The largest absolute Gasteiger partial charge is 0.467 e. The van der Waals surface area contributed by atoms with Crippen LogP contribution in [0.25, 0.3) is 10.2 Å². The maximum atomic E-state index is 13.3. The molecule has 0 radical (unpaired) electrons. The first-order valence-electron chi connectivity index (χ1n) is 9.78. The SMILES string of the molecule is Cc1nc(C2CC2)nc2sc(C(=O)NC(c3ccccc3)c3ccco3)c(C)c12. The summed E-state index contributed by atoms with van der Waals surface area (Å²) in [5.41, 5.74) is 2.87. The van der Waals surface area contributed by atoms with Crippen LogP contribution >= 0.6 is 11.3 Å². The van der Waals surface area contributed by atoms with Gasteiger partial charge in [0.1, 0.15) is 22.5 Å². The number of nitrogens with zero attached hydrogens (tertiary/aromatic N) is 2. The van der Waals surface area contributed by atoms with Gasteiger partial charge < -0.3 is 9.73 Å². The number of carbonyl (C=O) groups excluding carboxylic acids is 1. The van der Waals surface area contributed by atoms with E-state index in [1.807, 2.05) is 56.3 Å². The molecule has 29 heavy (non-hydrogen) atoms. The molecule has 3 heterocycles. The summed E-state index contributed by atoms with van der Waals surface area (Å²) in [5.74, 6) is 1.98. The van der Waals surface area contributed by atoms with Gasteiger partial charge in [-0.15, -0.1) is 11.3 Å². The molecule has 1 aromatic carbocycles. The molecule has 3 aromatic heterocycles. The van der Waals surface area contributed by atoms with Crippen molar-refractivity contribution in [1.82, 2.24) is 15.3 Å². The van der Waals surface area contributed by atoms with Crippen LogP contribution in [0.3, 0.4) is 0 Å². The van der Waals surface area contributed by atoms with E-state index in [1.165, 1.54) is 11.3 Å². The molecule has 1 atom stereocenters. The molecule has 0 saturated heterocycles. The summed E-state index contributed by atoms with van der Waals surface area (Å²) >= 11 is 1.45. The van der Waals surface area contributed by atoms with Crippen molar-refractivity contribution in [3.63, 3.8) is 0 Å². The van der Waals surface area contributed by atoms with Crippen molar-refractivity contribution in [1.29, 1.82) is 0 Å². The summed E-state index contributed by atoms with van der Waals surface area (Å²) in [6.07, 6.45) is 3.94. The number of nitrogens with one attached hydrogen (secondary N) is 1. The molecule has 0 spiro atoms. The summed E-state index contributed by atoms with van der Waals surface area (Å²) in [6.45, 7) is 3.98. The first-order valence-corrected chi connectivity index (χ1v) is 10.6. The van der Waals surface area contributed by atoms with Crippen molar-refractivity contribution in [3.05, 3.63) is 82.0 Å². The molecule has 1 fully saturated rings. The fraction of sp³-hybridized carbons (Fsp3) is 0.261. The van der Waals surface area contributed by atoms with Crippen molar-refractivity contribution in [2.75, 3.05) is 0 Å². The Morgan fingerprint density at radius 3 is 2.62 bits per heavy atom. The molecular formula is C23H21N3O2S. The highest BCUT2D eigenvalue weighted by Crippen LogP contribution is 2.40. The van der Waals surface area contributed by atoms with Gasteiger partial charge in [0.25, 0.3) is 5.91 Å². The van der Waals surface area contributed by atoms with Crippen LogP contribution in [0.1, 0.15) is 62.9 Å². The Balaban J connectivity index is 1.51. The van der Waals surface area contributed by atoms with Crippen LogP contribution in [-0.4, -0.2) is 15.9 Å². The Morgan fingerprint density at radius 2 is 1.93 bits per heavy atom. The van der Waals surface area contributed by atoms with Crippen molar-refractivity contribution in [2.45, 2.75) is 38.6 Å². The number of carbonyl (C=O) groups is 1. The molecule has 6 heteroatoms. The standard InChI is InChI=1S/C23H21N3O2S/c1-13-18-14(2)24-21(16-10-11-16)26-23(18)29-20(13)22(27)25-19(17-9-6-12-28-17)15-7-4-3-5-8-15/h3-9,12,16,19H,10-11H2,1-2H3,(H,25,27). The predicted molar refractivity (Wildman–Crippen MR) is 113 cm³/mol. The Kier molecular flexibility index (Phi) is 4.43. The number of aromatic nitrogens is 2. The Hall–Kier alpha value is -2.99. The molecule has 146 valence electrons. The fourth-order valence-corrected chi connectivity index (χ4v) is 4.86. The van der Waals surface area contributed by atoms with E-state index < -0.39 is 0 Å². The lowest BCUT2D eigenvalue weighted by atomic mass is 10.0. The van der Waals surface area contributed by atoms with Gasteiger partial charge in [-0.05, 0) is 49.9 Å². The first-order chi connectivity index (χ1) is 14.1. The van der Waals surface area contributed by atoms with Crippen molar-refractivity contribution < 1.29 is 9.21 Å². The maximum Gasteiger partial charge on any atom is 0.262 e. The number of aryl methyl sites for hydroxylation is 2. The quantitative estimate of drug-likeness (QED) is 0.491. The van der Waals surface area contributed by atoms with Crippen LogP contribution in [0.15, 0.2) is 53.1 Å². The highest BCUT2D eigenvalue weighted by atomic mass is 32.1. The molecule has 4 aromatic rings. The zero-order valence-electron chi connectivity index (χ0n) is 16.3. The average molecular weight is 404 g/mol. The van der Waals surface area contributed by atoms with Crippen molar-refractivity contribution >= 4 is 27.5 Å². The minimum Gasteiger partial charge on any atom is -0.467 e. The Labute approximate surface area is 172 Å². The molecule has 1 unspecified atom stereocenters. The van der Waals surface area contributed by atoms with E-state index in [0.29, 0.717) is 16.6 Å². The zero-order chi connectivity index (χ0) is 20.0. The number of rotatable bonds is 5. The van der Waals surface area contributed by atoms with Gasteiger partial charge in [0, 0.05) is 11.3 Å². The van der Waals surface area contributed by atoms with Crippen LogP contribution in [-0.2, 0) is 0 Å². The number of benzene rings is 1. The van der Waals surface area contributed by atoms with E-state index in [4.69, 9.17) is 14.4 Å². The third kappa shape index (κ3) is 3.34. The lowest BCUT2D eigenvalue weighted by Gasteiger charge is -2.17. The van der Waals surface area contributed by atoms with Gasteiger partial charge >= 0.3 is 0 Å². The van der Waals surface area contributed by atoms with Gasteiger partial charge in [-0.2, -0.15) is 0 Å². The lowest BCUT2D eigenvalue weighted by Crippen LogP contribution is -2.28. The summed E-state index contributed by atoms with van der Waals surface area (Å²) in [5, 5.41) is 4.15. The lowest BCUT2D eigenvalue weighted by molar-refractivity contribution is 0.0942. The first kappa shape index (κ1) is 18.1. The maximum absolute atomic E-state index is 13.3.